The van der Waals surface area contributed by atoms with Crippen molar-refractivity contribution in [1.29, 1.82) is 0 Å². The van der Waals surface area contributed by atoms with Crippen molar-refractivity contribution in [3.05, 3.63) is 65.7 Å². The topological polar surface area (TPSA) is 330 Å². The van der Waals surface area contributed by atoms with Gasteiger partial charge in [0.15, 0.2) is 0 Å². The van der Waals surface area contributed by atoms with Gasteiger partial charge in [-0.05, 0) is 42.5 Å². The Bertz CT molecular complexity index is 1670. The summed E-state index contributed by atoms with van der Waals surface area (Å²) in [5.74, 6) is -9.37. The van der Waals surface area contributed by atoms with Crippen molar-refractivity contribution < 1.29 is 58.8 Å². The van der Waals surface area contributed by atoms with Crippen LogP contribution in [-0.4, -0.2) is 110 Å². The van der Waals surface area contributed by atoms with Gasteiger partial charge in [-0.25, -0.2) is 4.79 Å². The van der Waals surface area contributed by atoms with Crippen molar-refractivity contribution >= 4 is 47.4 Å². The number of phenols is 1. The molecule has 0 heterocycles. The van der Waals surface area contributed by atoms with Crippen molar-refractivity contribution in [1.82, 2.24) is 26.6 Å². The number of carboxylic acid groups (broad SMARTS) is 2. The third kappa shape index (κ3) is 15.4. The molecule has 19 heteroatoms. The van der Waals surface area contributed by atoms with Crippen LogP contribution in [0.25, 0.3) is 0 Å². The molecule has 0 unspecified atom stereocenters. The fourth-order valence-corrected chi connectivity index (χ4v) is 5.16. The van der Waals surface area contributed by atoms with Gasteiger partial charge in [0.2, 0.25) is 35.4 Å². The number of nitrogens with one attached hydrogen (secondary N) is 5. The highest BCUT2D eigenvalue weighted by Gasteiger charge is 2.34. The number of carbonyl (C=O) groups is 8. The minimum absolute atomic E-state index is 0.0791. The summed E-state index contributed by atoms with van der Waals surface area (Å²) < 4.78 is 0. The first kappa shape index (κ1) is 45.1. The van der Waals surface area contributed by atoms with Crippen molar-refractivity contribution in [3.63, 3.8) is 0 Å². The average Bonchev–Trinajstić information content (AvgIpc) is 3.11. The normalized spacial score (nSPS) is 14.8. The van der Waals surface area contributed by atoms with Crippen LogP contribution in [0.15, 0.2) is 54.6 Å². The lowest BCUT2D eigenvalue weighted by Crippen LogP contribution is -2.61. The van der Waals surface area contributed by atoms with E-state index in [2.05, 4.69) is 26.6 Å². The molecule has 7 atom stereocenters. The molecule has 0 aliphatic carbocycles. The van der Waals surface area contributed by atoms with E-state index in [-0.39, 0.29) is 18.6 Å². The van der Waals surface area contributed by atoms with Crippen molar-refractivity contribution in [3.8, 4) is 5.75 Å². The molecule has 6 amide bonds. The van der Waals surface area contributed by atoms with E-state index in [1.54, 1.807) is 44.2 Å². The van der Waals surface area contributed by atoms with E-state index in [4.69, 9.17) is 11.5 Å². The first-order chi connectivity index (χ1) is 25.8. The Kier molecular flexibility index (Phi) is 17.7. The number of hydrogen-bond acceptors (Lipinski definition) is 11. The Morgan fingerprint density at radius 3 is 1.65 bits per heavy atom. The van der Waals surface area contributed by atoms with E-state index in [0.717, 1.165) is 0 Å². The molecule has 0 aliphatic heterocycles. The van der Waals surface area contributed by atoms with Crippen LogP contribution in [-0.2, 0) is 51.2 Å². The lowest BCUT2D eigenvalue weighted by molar-refractivity contribution is -0.142. The highest BCUT2D eigenvalue weighted by Crippen LogP contribution is 2.13. The summed E-state index contributed by atoms with van der Waals surface area (Å²) in [6.45, 7) is 4.52. The number of rotatable bonds is 22. The predicted molar refractivity (Wildman–Crippen MR) is 194 cm³/mol. The third-order valence-corrected chi connectivity index (χ3v) is 8.29. The second-order valence-electron chi connectivity index (χ2n) is 13.2. The maximum Gasteiger partial charge on any atom is 0.326 e. The minimum Gasteiger partial charge on any atom is -0.508 e. The van der Waals surface area contributed by atoms with Crippen LogP contribution >= 0.6 is 0 Å². The molecular weight excluding hydrogens is 722 g/mol. The molecule has 0 spiro atoms. The number of aliphatic carboxylic acids is 2. The van der Waals surface area contributed by atoms with Gasteiger partial charge in [-0.3, -0.25) is 33.6 Å². The molecule has 300 valence electrons. The Morgan fingerprint density at radius 1 is 0.636 bits per heavy atom. The van der Waals surface area contributed by atoms with Gasteiger partial charge in [-0.2, -0.15) is 0 Å². The SMILES string of the molecule is CC(C)[C@H](NC(=O)[C@@H](N)[C@@H](C)O)C(=O)N[C@@H](Cc1ccccc1)C(=O)N[C@@H](CCC(=O)O)C(=O)N[C@@H](CC(N)=O)C(=O)N[C@@H](Cc1ccc(O)cc1)C(=O)O. The van der Waals surface area contributed by atoms with Gasteiger partial charge in [0.25, 0.3) is 0 Å². The maximum absolute atomic E-state index is 13.8. The lowest BCUT2D eigenvalue weighted by Gasteiger charge is -2.28. The quantitative estimate of drug-likeness (QED) is 0.0606. The molecule has 0 radical (unpaired) electrons. The number of aromatic hydroxyl groups is 1. The lowest BCUT2D eigenvalue weighted by atomic mass is 10.00. The number of carboxylic acids is 2. The zero-order valence-corrected chi connectivity index (χ0v) is 30.6. The highest BCUT2D eigenvalue weighted by molar-refractivity contribution is 5.97. The number of phenolic OH excluding ortho intramolecular Hbond substituents is 1. The molecular formula is C36H49N7O12. The molecule has 0 fully saturated rings. The molecule has 19 nitrogen and oxygen atoms in total. The number of hydrogen-bond donors (Lipinski definition) is 11. The number of carbonyl (C=O) groups excluding carboxylic acids is 6. The first-order valence-corrected chi connectivity index (χ1v) is 17.3. The van der Waals surface area contributed by atoms with Crippen LogP contribution in [0.5, 0.6) is 5.75 Å². The number of amides is 6. The van der Waals surface area contributed by atoms with E-state index in [1.165, 1.54) is 31.2 Å². The van der Waals surface area contributed by atoms with E-state index < -0.39 is 115 Å². The molecule has 55 heavy (non-hydrogen) atoms. The molecule has 0 saturated carbocycles. The summed E-state index contributed by atoms with van der Waals surface area (Å²) in [6.07, 6.45) is -3.61. The van der Waals surface area contributed by atoms with Gasteiger partial charge >= 0.3 is 11.9 Å². The Hall–Kier alpha value is -6.08. The number of nitrogens with two attached hydrogens (primary N) is 2. The molecule has 0 bridgehead atoms. The van der Waals surface area contributed by atoms with Gasteiger partial charge in [-0.15, -0.1) is 0 Å². The fraction of sp³-hybridized carbons (Fsp3) is 0.444. The maximum atomic E-state index is 13.8. The Labute approximate surface area is 316 Å². The van der Waals surface area contributed by atoms with Crippen LogP contribution in [0.4, 0.5) is 0 Å². The van der Waals surface area contributed by atoms with Crippen LogP contribution in [0.3, 0.4) is 0 Å². The molecule has 0 saturated heterocycles. The predicted octanol–water partition coefficient (Wildman–Crippen LogP) is -2.21. The minimum atomic E-state index is -1.76. The summed E-state index contributed by atoms with van der Waals surface area (Å²) in [4.78, 5) is 102. The van der Waals surface area contributed by atoms with E-state index >= 15 is 0 Å². The van der Waals surface area contributed by atoms with Gasteiger partial charge in [0, 0.05) is 19.3 Å². The van der Waals surface area contributed by atoms with Crippen molar-refractivity contribution in [2.75, 3.05) is 0 Å². The van der Waals surface area contributed by atoms with E-state index in [9.17, 15) is 58.8 Å². The Morgan fingerprint density at radius 2 is 1.13 bits per heavy atom. The van der Waals surface area contributed by atoms with Crippen LogP contribution in [0.2, 0.25) is 0 Å². The number of aliphatic hydroxyl groups excluding tert-OH is 1. The molecule has 2 aromatic carbocycles. The first-order valence-electron chi connectivity index (χ1n) is 17.3. The van der Waals surface area contributed by atoms with Crippen LogP contribution in [0, 0.1) is 5.92 Å². The summed E-state index contributed by atoms with van der Waals surface area (Å²) in [7, 11) is 0. The number of primary amides is 1. The number of aliphatic hydroxyl groups is 1. The summed E-state index contributed by atoms with van der Waals surface area (Å²) in [6, 6.07) is 4.84. The average molecular weight is 772 g/mol. The molecule has 13 N–H and O–H groups in total. The standard InChI is InChI=1S/C36H49N7O12/c1-18(2)30(43-34(52)29(38)19(3)44)35(53)41-24(15-20-7-5-4-6-8-20)32(50)39-23(13-14-28(47)48)31(49)40-25(17-27(37)46)33(51)42-26(36(54)55)16-21-9-11-22(45)12-10-21/h4-12,18-19,23-26,29-30,44-45H,13-17,38H2,1-3H3,(H2,37,46)(H,39,50)(H,40,49)(H,41,53)(H,42,51)(H,43,52)(H,47,48)(H,54,55)/t19-,23+,24+,25+,26+,29+,30+/m1/s1. The summed E-state index contributed by atoms with van der Waals surface area (Å²) in [5.41, 5.74) is 12.0. The molecule has 0 aliphatic rings. The van der Waals surface area contributed by atoms with Crippen LogP contribution < -0.4 is 38.1 Å². The summed E-state index contributed by atoms with van der Waals surface area (Å²) in [5, 5.41) is 50.3. The Balaban J connectivity index is 2.37. The molecule has 0 aromatic heterocycles. The van der Waals surface area contributed by atoms with E-state index in [1.807, 2.05) is 0 Å². The van der Waals surface area contributed by atoms with E-state index in [0.29, 0.717) is 11.1 Å². The zero-order chi connectivity index (χ0) is 41.4. The number of benzene rings is 2. The molecule has 2 rings (SSSR count). The molecule has 2 aromatic rings. The van der Waals surface area contributed by atoms with Gasteiger partial charge < -0.3 is 58.5 Å². The second kappa shape index (κ2) is 21.6. The third-order valence-electron chi connectivity index (χ3n) is 8.29. The largest absolute Gasteiger partial charge is 0.508 e. The van der Waals surface area contributed by atoms with Crippen LogP contribution in [0.1, 0.15) is 51.2 Å². The monoisotopic (exact) mass is 771 g/mol. The highest BCUT2D eigenvalue weighted by atomic mass is 16.4. The smallest absolute Gasteiger partial charge is 0.326 e. The fourth-order valence-electron chi connectivity index (χ4n) is 5.16. The van der Waals surface area contributed by atoms with Crippen molar-refractivity contribution in [2.24, 2.45) is 17.4 Å². The zero-order valence-electron chi connectivity index (χ0n) is 30.6. The van der Waals surface area contributed by atoms with Gasteiger partial charge in [-0.1, -0.05) is 56.3 Å². The van der Waals surface area contributed by atoms with Gasteiger partial charge in [0.05, 0.1) is 12.5 Å². The second-order valence-corrected chi connectivity index (χ2v) is 13.2. The van der Waals surface area contributed by atoms with Gasteiger partial charge in [0.1, 0.15) is 42.0 Å². The van der Waals surface area contributed by atoms with Crippen molar-refractivity contribution in [2.45, 2.75) is 95.2 Å². The summed E-state index contributed by atoms with van der Waals surface area (Å²) >= 11 is 0.